The Bertz CT molecular complexity index is 483. The normalized spacial score (nSPS) is 15.3. The van der Waals surface area contributed by atoms with Crippen LogP contribution in [-0.4, -0.2) is 19.7 Å². The molecule has 0 amide bonds. The molecule has 2 aromatic heterocycles. The van der Waals surface area contributed by atoms with Crippen LogP contribution >= 0.6 is 0 Å². The van der Waals surface area contributed by atoms with E-state index in [1.165, 1.54) is 12.8 Å². The third-order valence-corrected chi connectivity index (χ3v) is 2.74. The number of hydrogen-bond acceptors (Lipinski definition) is 4. The molecule has 0 radical (unpaired) electrons. The molecule has 1 saturated carbocycles. The van der Waals surface area contributed by atoms with E-state index in [2.05, 4.69) is 15.1 Å². The molecule has 0 aliphatic heterocycles. The first kappa shape index (κ1) is 9.47. The van der Waals surface area contributed by atoms with Crippen molar-refractivity contribution in [2.45, 2.75) is 25.3 Å². The second-order valence-corrected chi connectivity index (χ2v) is 4.05. The maximum absolute atomic E-state index is 5.49. The first-order chi connectivity index (χ1) is 7.86. The Morgan fingerprint density at radius 3 is 2.69 bits per heavy atom. The number of hydrogen-bond donors (Lipinski definition) is 1. The van der Waals surface area contributed by atoms with Crippen LogP contribution in [0.25, 0.3) is 5.95 Å². The van der Waals surface area contributed by atoms with E-state index in [1.54, 1.807) is 17.1 Å². The Hall–Kier alpha value is -1.75. The molecule has 5 heteroatoms. The van der Waals surface area contributed by atoms with Crippen LogP contribution in [0, 0.1) is 0 Å². The fourth-order valence-corrected chi connectivity index (χ4v) is 1.62. The lowest BCUT2D eigenvalue weighted by Crippen LogP contribution is -2.04. The first-order valence-corrected chi connectivity index (χ1v) is 5.44. The molecule has 16 heavy (non-hydrogen) atoms. The van der Waals surface area contributed by atoms with Gasteiger partial charge in [-0.05, 0) is 18.9 Å². The lowest BCUT2D eigenvalue weighted by atomic mass is 10.3. The predicted octanol–water partition coefficient (Wildman–Crippen LogP) is 0.998. The van der Waals surface area contributed by atoms with Crippen LogP contribution < -0.4 is 5.73 Å². The quantitative estimate of drug-likeness (QED) is 0.829. The molecular formula is C11H13N5. The van der Waals surface area contributed by atoms with Crippen molar-refractivity contribution in [3.8, 4) is 5.95 Å². The summed E-state index contributed by atoms with van der Waals surface area (Å²) in [4.78, 5) is 8.44. The Balaban J connectivity index is 1.88. The van der Waals surface area contributed by atoms with Gasteiger partial charge in [-0.1, -0.05) is 0 Å². The zero-order valence-electron chi connectivity index (χ0n) is 8.87. The molecule has 2 heterocycles. The van der Waals surface area contributed by atoms with Crippen LogP contribution in [0.2, 0.25) is 0 Å². The van der Waals surface area contributed by atoms with Crippen LogP contribution in [0.5, 0.6) is 0 Å². The van der Waals surface area contributed by atoms with E-state index in [0.29, 0.717) is 18.4 Å². The molecule has 2 aromatic rings. The second-order valence-electron chi connectivity index (χ2n) is 4.05. The van der Waals surface area contributed by atoms with Gasteiger partial charge in [-0.15, -0.1) is 0 Å². The SMILES string of the molecule is NCc1cnc(-n2ccc(C3CC3)n2)nc1. The highest BCUT2D eigenvalue weighted by Crippen LogP contribution is 2.38. The maximum Gasteiger partial charge on any atom is 0.250 e. The molecule has 0 saturated heterocycles. The standard InChI is InChI=1S/C11H13N5/c12-5-8-6-13-11(14-7-8)16-4-3-10(15-16)9-1-2-9/h3-4,6-7,9H,1-2,5,12H2. The van der Waals surface area contributed by atoms with Crippen LogP contribution in [0.3, 0.4) is 0 Å². The first-order valence-electron chi connectivity index (χ1n) is 5.44. The molecule has 2 N–H and O–H groups in total. The van der Waals surface area contributed by atoms with Gasteiger partial charge < -0.3 is 5.73 Å². The highest BCUT2D eigenvalue weighted by molar-refractivity contribution is 5.18. The van der Waals surface area contributed by atoms with E-state index in [0.717, 1.165) is 11.3 Å². The highest BCUT2D eigenvalue weighted by Gasteiger charge is 2.26. The van der Waals surface area contributed by atoms with E-state index in [1.807, 2.05) is 12.3 Å². The van der Waals surface area contributed by atoms with Crippen molar-refractivity contribution in [3.05, 3.63) is 35.9 Å². The van der Waals surface area contributed by atoms with E-state index >= 15 is 0 Å². The summed E-state index contributed by atoms with van der Waals surface area (Å²) in [6, 6.07) is 2.04. The van der Waals surface area contributed by atoms with Crippen LogP contribution in [-0.2, 0) is 6.54 Å². The molecule has 0 unspecified atom stereocenters. The monoisotopic (exact) mass is 215 g/mol. The summed E-state index contributed by atoms with van der Waals surface area (Å²) >= 11 is 0. The fourth-order valence-electron chi connectivity index (χ4n) is 1.62. The van der Waals surface area contributed by atoms with Gasteiger partial charge in [0.25, 0.3) is 0 Å². The number of rotatable bonds is 3. The third-order valence-electron chi connectivity index (χ3n) is 2.74. The number of aromatic nitrogens is 4. The van der Waals surface area contributed by atoms with Gasteiger partial charge in [0.15, 0.2) is 0 Å². The van der Waals surface area contributed by atoms with Gasteiger partial charge in [-0.2, -0.15) is 5.10 Å². The molecule has 1 aliphatic rings. The van der Waals surface area contributed by atoms with Gasteiger partial charge in [0.2, 0.25) is 5.95 Å². The smallest absolute Gasteiger partial charge is 0.250 e. The molecule has 1 fully saturated rings. The van der Waals surface area contributed by atoms with Crippen molar-refractivity contribution < 1.29 is 0 Å². The molecular weight excluding hydrogens is 202 g/mol. The van der Waals surface area contributed by atoms with Gasteiger partial charge in [0, 0.05) is 36.6 Å². The van der Waals surface area contributed by atoms with Crippen LogP contribution in [0.4, 0.5) is 0 Å². The van der Waals surface area contributed by atoms with Gasteiger partial charge in [-0.25, -0.2) is 14.6 Å². The average molecular weight is 215 g/mol. The largest absolute Gasteiger partial charge is 0.326 e. The summed E-state index contributed by atoms with van der Waals surface area (Å²) in [6.07, 6.45) is 7.89. The molecule has 5 nitrogen and oxygen atoms in total. The van der Waals surface area contributed by atoms with Crippen molar-refractivity contribution in [1.29, 1.82) is 0 Å². The molecule has 0 spiro atoms. The van der Waals surface area contributed by atoms with Crippen LogP contribution in [0.15, 0.2) is 24.7 Å². The van der Waals surface area contributed by atoms with E-state index in [-0.39, 0.29) is 0 Å². The van der Waals surface area contributed by atoms with Crippen molar-refractivity contribution in [2.75, 3.05) is 0 Å². The highest BCUT2D eigenvalue weighted by atomic mass is 15.3. The fraction of sp³-hybridized carbons (Fsp3) is 0.364. The topological polar surface area (TPSA) is 69.6 Å². The maximum atomic E-state index is 5.49. The lowest BCUT2D eigenvalue weighted by Gasteiger charge is -1.99. The summed E-state index contributed by atoms with van der Waals surface area (Å²) in [5, 5.41) is 4.46. The van der Waals surface area contributed by atoms with Gasteiger partial charge in [0.1, 0.15) is 0 Å². The molecule has 0 atom stereocenters. The average Bonchev–Trinajstić information content (AvgIpc) is 3.08. The van der Waals surface area contributed by atoms with E-state index in [9.17, 15) is 0 Å². The Morgan fingerprint density at radius 2 is 2.06 bits per heavy atom. The van der Waals surface area contributed by atoms with E-state index < -0.39 is 0 Å². The predicted molar refractivity (Wildman–Crippen MR) is 59.0 cm³/mol. The van der Waals surface area contributed by atoms with E-state index in [4.69, 9.17) is 5.73 Å². The summed E-state index contributed by atoms with van der Waals surface area (Å²) in [5.74, 6) is 1.26. The van der Waals surface area contributed by atoms with Crippen molar-refractivity contribution in [2.24, 2.45) is 5.73 Å². The molecule has 0 bridgehead atoms. The van der Waals surface area contributed by atoms with Gasteiger partial charge in [0.05, 0.1) is 5.69 Å². The van der Waals surface area contributed by atoms with Gasteiger partial charge >= 0.3 is 0 Å². The summed E-state index contributed by atoms with van der Waals surface area (Å²) < 4.78 is 1.72. The molecule has 82 valence electrons. The van der Waals surface area contributed by atoms with Crippen molar-refractivity contribution >= 4 is 0 Å². The molecule has 3 rings (SSSR count). The Labute approximate surface area is 93.3 Å². The zero-order chi connectivity index (χ0) is 11.0. The summed E-state index contributed by atoms with van der Waals surface area (Å²) in [7, 11) is 0. The minimum absolute atomic E-state index is 0.465. The minimum atomic E-state index is 0.465. The third kappa shape index (κ3) is 1.69. The van der Waals surface area contributed by atoms with Crippen molar-refractivity contribution in [3.63, 3.8) is 0 Å². The summed E-state index contributed by atoms with van der Waals surface area (Å²) in [5.41, 5.74) is 7.56. The number of nitrogens with zero attached hydrogens (tertiary/aromatic N) is 4. The Morgan fingerprint density at radius 1 is 1.31 bits per heavy atom. The number of nitrogens with two attached hydrogens (primary N) is 1. The zero-order valence-corrected chi connectivity index (χ0v) is 8.87. The second kappa shape index (κ2) is 3.68. The molecule has 1 aliphatic carbocycles. The van der Waals surface area contributed by atoms with Crippen molar-refractivity contribution in [1.82, 2.24) is 19.7 Å². The van der Waals surface area contributed by atoms with Gasteiger partial charge in [-0.3, -0.25) is 0 Å². The minimum Gasteiger partial charge on any atom is -0.326 e. The molecule has 0 aromatic carbocycles. The Kier molecular flexibility index (Phi) is 2.18. The lowest BCUT2D eigenvalue weighted by molar-refractivity contribution is 0.777. The van der Waals surface area contributed by atoms with Crippen LogP contribution in [0.1, 0.15) is 30.0 Å². The summed E-state index contributed by atoms with van der Waals surface area (Å²) in [6.45, 7) is 0.465.